The van der Waals surface area contributed by atoms with Crippen LogP contribution in [0.4, 0.5) is 23.7 Å². The lowest BCUT2D eigenvalue weighted by atomic mass is 9.84. The van der Waals surface area contributed by atoms with Gasteiger partial charge < -0.3 is 5.32 Å². The van der Waals surface area contributed by atoms with E-state index in [4.69, 9.17) is 0 Å². The number of carbonyl (C=O) groups excluding carboxylic acids is 1. The Bertz CT molecular complexity index is 1110. The largest absolute Gasteiger partial charge is 0.416 e. The zero-order chi connectivity index (χ0) is 26.6. The number of alkyl halides is 3. The summed E-state index contributed by atoms with van der Waals surface area (Å²) < 4.78 is 39.2. The molecule has 0 fully saturated rings. The van der Waals surface area contributed by atoms with Crippen LogP contribution in [0.3, 0.4) is 0 Å². The third-order valence-electron chi connectivity index (χ3n) is 6.68. The molecule has 194 valence electrons. The van der Waals surface area contributed by atoms with Crippen LogP contribution in [0.15, 0.2) is 71.5 Å². The van der Waals surface area contributed by atoms with Crippen molar-refractivity contribution in [2.45, 2.75) is 73.0 Å². The molecule has 0 radical (unpaired) electrons. The van der Waals surface area contributed by atoms with Gasteiger partial charge >= 0.3 is 12.2 Å². The molecule has 2 aromatic rings. The van der Waals surface area contributed by atoms with Crippen LogP contribution in [0, 0.1) is 11.8 Å². The summed E-state index contributed by atoms with van der Waals surface area (Å²) in [5, 5.41) is 3.19. The SMILES string of the molecule is CC(C)C1=CCCC(C(C)C)=C1NC(=O)N(Cc1ccc(C(F)(F)F)cc1)c1ccc(C(C)C)cc1. The Hall–Kier alpha value is -3.02. The number of anilines is 1. The fourth-order valence-electron chi connectivity index (χ4n) is 4.53. The van der Waals surface area contributed by atoms with Gasteiger partial charge in [-0.3, -0.25) is 4.90 Å². The molecule has 3 nitrogen and oxygen atoms in total. The van der Waals surface area contributed by atoms with E-state index in [0.717, 1.165) is 41.8 Å². The highest BCUT2D eigenvalue weighted by molar-refractivity contribution is 5.93. The highest BCUT2D eigenvalue weighted by atomic mass is 19.4. The summed E-state index contributed by atoms with van der Waals surface area (Å²) >= 11 is 0. The molecule has 2 amide bonds. The summed E-state index contributed by atoms with van der Waals surface area (Å²) in [6, 6.07) is 12.5. The molecule has 2 aromatic carbocycles. The van der Waals surface area contributed by atoms with E-state index in [9.17, 15) is 18.0 Å². The normalized spacial score (nSPS) is 14.5. The van der Waals surface area contributed by atoms with E-state index < -0.39 is 11.7 Å². The van der Waals surface area contributed by atoms with Crippen molar-refractivity contribution in [2.24, 2.45) is 11.8 Å². The molecule has 6 heteroatoms. The van der Waals surface area contributed by atoms with E-state index in [1.165, 1.54) is 17.7 Å². The Morgan fingerprint density at radius 1 is 0.889 bits per heavy atom. The number of urea groups is 1. The molecule has 0 atom stereocenters. The Morgan fingerprint density at radius 3 is 2.00 bits per heavy atom. The van der Waals surface area contributed by atoms with Crippen LogP contribution in [-0.2, 0) is 12.7 Å². The van der Waals surface area contributed by atoms with E-state index in [2.05, 4.69) is 52.9 Å². The quantitative estimate of drug-likeness (QED) is 0.406. The standard InChI is InChI=1S/C30H37F3N2O/c1-19(2)23-12-16-25(17-13-23)35(18-22-10-14-24(15-11-22)30(31,32)33)29(36)34-28-26(20(3)4)8-7-9-27(28)21(5)6/h8,10-17,19-21H,7,9,18H2,1-6H3,(H,34,36). The molecule has 1 N–H and O–H groups in total. The number of nitrogens with zero attached hydrogens (tertiary/aromatic N) is 1. The zero-order valence-electron chi connectivity index (χ0n) is 22.0. The molecule has 1 aliphatic carbocycles. The van der Waals surface area contributed by atoms with Crippen LogP contribution in [0.1, 0.15) is 77.0 Å². The van der Waals surface area contributed by atoms with E-state index >= 15 is 0 Å². The number of rotatable bonds is 7. The Labute approximate surface area is 213 Å². The number of amides is 2. The van der Waals surface area contributed by atoms with Gasteiger partial charge in [0.15, 0.2) is 0 Å². The predicted octanol–water partition coefficient (Wildman–Crippen LogP) is 8.83. The molecule has 1 aliphatic rings. The fourth-order valence-corrected chi connectivity index (χ4v) is 4.53. The molecule has 0 bridgehead atoms. The minimum Gasteiger partial charge on any atom is -0.307 e. The average Bonchev–Trinajstić information content (AvgIpc) is 2.82. The van der Waals surface area contributed by atoms with E-state index in [1.807, 2.05) is 24.3 Å². The molecule has 0 aromatic heterocycles. The number of carbonyl (C=O) groups is 1. The second-order valence-corrected chi connectivity index (χ2v) is 10.4. The van der Waals surface area contributed by atoms with Gasteiger partial charge in [-0.05, 0) is 77.1 Å². The maximum absolute atomic E-state index is 13.8. The van der Waals surface area contributed by atoms with Gasteiger partial charge in [0, 0.05) is 11.4 Å². The van der Waals surface area contributed by atoms with Crippen molar-refractivity contribution < 1.29 is 18.0 Å². The van der Waals surface area contributed by atoms with Gasteiger partial charge in [0.05, 0.1) is 12.1 Å². The van der Waals surface area contributed by atoms with E-state index in [-0.39, 0.29) is 24.4 Å². The molecule has 0 saturated heterocycles. The highest BCUT2D eigenvalue weighted by Crippen LogP contribution is 2.33. The Morgan fingerprint density at radius 2 is 1.50 bits per heavy atom. The topological polar surface area (TPSA) is 32.3 Å². The van der Waals surface area contributed by atoms with Crippen molar-refractivity contribution in [1.82, 2.24) is 5.32 Å². The highest BCUT2D eigenvalue weighted by Gasteiger charge is 2.30. The van der Waals surface area contributed by atoms with Crippen LogP contribution < -0.4 is 10.2 Å². The van der Waals surface area contributed by atoms with Crippen molar-refractivity contribution in [3.05, 3.63) is 88.1 Å². The minimum absolute atomic E-state index is 0.149. The van der Waals surface area contributed by atoms with Gasteiger partial charge in [0.25, 0.3) is 0 Å². The second-order valence-electron chi connectivity index (χ2n) is 10.4. The number of benzene rings is 2. The molecule has 0 aliphatic heterocycles. The molecule has 0 saturated carbocycles. The lowest BCUT2D eigenvalue weighted by Gasteiger charge is -2.30. The molecule has 0 heterocycles. The molecule has 0 unspecified atom stereocenters. The van der Waals surface area contributed by atoms with Gasteiger partial charge in [-0.25, -0.2) is 4.79 Å². The third kappa shape index (κ3) is 6.59. The monoisotopic (exact) mass is 498 g/mol. The minimum atomic E-state index is -4.40. The fraction of sp³-hybridized carbons (Fsp3) is 0.433. The molecule has 3 rings (SSSR count). The van der Waals surface area contributed by atoms with Crippen LogP contribution in [0.2, 0.25) is 0 Å². The smallest absolute Gasteiger partial charge is 0.307 e. The maximum Gasteiger partial charge on any atom is 0.416 e. The van der Waals surface area contributed by atoms with Crippen LogP contribution in [-0.4, -0.2) is 6.03 Å². The first-order valence-corrected chi connectivity index (χ1v) is 12.7. The van der Waals surface area contributed by atoms with Gasteiger partial charge in [0.2, 0.25) is 0 Å². The van der Waals surface area contributed by atoms with E-state index in [0.29, 0.717) is 17.2 Å². The summed E-state index contributed by atoms with van der Waals surface area (Å²) in [5.41, 5.74) is 4.98. The van der Waals surface area contributed by atoms with Gasteiger partial charge in [-0.15, -0.1) is 0 Å². The van der Waals surface area contributed by atoms with Crippen LogP contribution in [0.5, 0.6) is 0 Å². The number of halogens is 3. The molecular weight excluding hydrogens is 461 g/mol. The lowest BCUT2D eigenvalue weighted by molar-refractivity contribution is -0.137. The van der Waals surface area contributed by atoms with Crippen LogP contribution >= 0.6 is 0 Å². The first kappa shape index (κ1) is 27.6. The third-order valence-corrected chi connectivity index (χ3v) is 6.68. The summed E-state index contributed by atoms with van der Waals surface area (Å²) in [5.74, 6) is 0.885. The van der Waals surface area contributed by atoms with Crippen molar-refractivity contribution >= 4 is 11.7 Å². The number of allylic oxidation sites excluding steroid dienone is 3. The van der Waals surface area contributed by atoms with Gasteiger partial charge in [0.1, 0.15) is 0 Å². The maximum atomic E-state index is 13.8. The molecular formula is C30H37F3N2O. The van der Waals surface area contributed by atoms with Crippen LogP contribution in [0.25, 0.3) is 0 Å². The van der Waals surface area contributed by atoms with Crippen molar-refractivity contribution in [3.8, 4) is 0 Å². The molecule has 0 spiro atoms. The van der Waals surface area contributed by atoms with Crippen molar-refractivity contribution in [3.63, 3.8) is 0 Å². The first-order chi connectivity index (χ1) is 16.9. The molecule has 36 heavy (non-hydrogen) atoms. The predicted molar refractivity (Wildman–Crippen MR) is 141 cm³/mol. The summed E-state index contributed by atoms with van der Waals surface area (Å²) in [4.78, 5) is 15.4. The average molecular weight is 499 g/mol. The summed E-state index contributed by atoms with van der Waals surface area (Å²) in [6.45, 7) is 12.9. The van der Waals surface area contributed by atoms with Crippen molar-refractivity contribution in [2.75, 3.05) is 4.90 Å². The number of hydrogen-bond donors (Lipinski definition) is 1. The number of hydrogen-bond acceptors (Lipinski definition) is 1. The zero-order valence-corrected chi connectivity index (χ0v) is 22.0. The first-order valence-electron chi connectivity index (χ1n) is 12.7. The van der Waals surface area contributed by atoms with E-state index in [1.54, 1.807) is 4.90 Å². The van der Waals surface area contributed by atoms with Crippen molar-refractivity contribution in [1.29, 1.82) is 0 Å². The van der Waals surface area contributed by atoms with Gasteiger partial charge in [-0.2, -0.15) is 13.2 Å². The lowest BCUT2D eigenvalue weighted by Crippen LogP contribution is -2.41. The summed E-state index contributed by atoms with van der Waals surface area (Å²) in [7, 11) is 0. The Kier molecular flexibility index (Phi) is 8.70. The van der Waals surface area contributed by atoms with Gasteiger partial charge in [-0.1, -0.05) is 71.9 Å². The number of nitrogens with one attached hydrogen (secondary N) is 1. The second kappa shape index (κ2) is 11.4. The Balaban J connectivity index is 1.97. The summed E-state index contributed by atoms with van der Waals surface area (Å²) in [6.07, 6.45) is -0.357.